The largest absolute Gasteiger partial charge is 0.485 e. The molecule has 0 fully saturated rings. The van der Waals surface area contributed by atoms with Gasteiger partial charge in [0.2, 0.25) is 5.76 Å². The van der Waals surface area contributed by atoms with E-state index >= 15 is 0 Å². The molecule has 3 aromatic carbocycles. The highest BCUT2D eigenvalue weighted by molar-refractivity contribution is 5.90. The van der Waals surface area contributed by atoms with Crippen LogP contribution >= 0.6 is 0 Å². The number of hydrogen-bond acceptors (Lipinski definition) is 8. The Kier molecular flexibility index (Phi) is 16.4. The molecule has 0 aromatic heterocycles. The van der Waals surface area contributed by atoms with E-state index in [1.165, 1.54) is 38.5 Å². The number of anilines is 1. The lowest BCUT2D eigenvalue weighted by molar-refractivity contribution is -0.149. The first-order valence-electron chi connectivity index (χ1n) is 18.8. The number of carbonyl (C=O) groups is 2. The van der Waals surface area contributed by atoms with E-state index in [1.807, 2.05) is 72.8 Å². The molecular weight excluding hydrogens is 642 g/mol. The fraction of sp³-hybridized carbons (Fsp3) is 0.488. The Morgan fingerprint density at radius 3 is 1.80 bits per heavy atom. The van der Waals surface area contributed by atoms with Crippen molar-refractivity contribution in [2.45, 2.75) is 104 Å². The van der Waals surface area contributed by atoms with Crippen molar-refractivity contribution in [3.8, 4) is 0 Å². The molecule has 3 aromatic rings. The van der Waals surface area contributed by atoms with Gasteiger partial charge in [0, 0.05) is 18.8 Å². The van der Waals surface area contributed by atoms with Crippen molar-refractivity contribution < 1.29 is 33.6 Å². The smallest absolute Gasteiger partial charge is 0.378 e. The van der Waals surface area contributed by atoms with E-state index < -0.39 is 30.8 Å². The van der Waals surface area contributed by atoms with Crippen molar-refractivity contribution in [2.75, 3.05) is 24.6 Å². The van der Waals surface area contributed by atoms with E-state index in [4.69, 9.17) is 18.9 Å². The minimum Gasteiger partial charge on any atom is -0.485 e. The Hall–Kier alpha value is -4.30. The third-order valence-electron chi connectivity index (χ3n) is 9.61. The van der Waals surface area contributed by atoms with Gasteiger partial charge in [-0.3, -0.25) is 0 Å². The van der Waals surface area contributed by atoms with Crippen molar-refractivity contribution >= 4 is 17.6 Å². The third-order valence-corrected chi connectivity index (χ3v) is 9.61. The average molecular weight is 700 g/mol. The van der Waals surface area contributed by atoms with Crippen molar-refractivity contribution in [3.63, 3.8) is 0 Å². The first kappa shape index (κ1) is 39.5. The summed E-state index contributed by atoms with van der Waals surface area (Å²) in [6, 6.07) is 26.4. The summed E-state index contributed by atoms with van der Waals surface area (Å²) in [7, 11) is 0. The number of benzene rings is 3. The Balaban J connectivity index is 1.43. The predicted octanol–water partition coefficient (Wildman–Crippen LogP) is 9.01. The molecule has 0 saturated heterocycles. The lowest BCUT2D eigenvalue weighted by atomic mass is 9.95. The van der Waals surface area contributed by atoms with Crippen LogP contribution in [0.5, 0.6) is 0 Å². The van der Waals surface area contributed by atoms with Gasteiger partial charge in [-0.2, -0.15) is 0 Å². The molecule has 8 nitrogen and oxygen atoms in total. The number of carbonyl (C=O) groups excluding carboxylic acids is 2. The molecule has 1 N–H and O–H groups in total. The molecule has 8 heteroatoms. The van der Waals surface area contributed by atoms with E-state index in [2.05, 4.69) is 32.6 Å². The zero-order valence-corrected chi connectivity index (χ0v) is 30.9. The number of rotatable bonds is 23. The summed E-state index contributed by atoms with van der Waals surface area (Å²) in [6.45, 7) is 10.9. The molecule has 51 heavy (non-hydrogen) atoms. The summed E-state index contributed by atoms with van der Waals surface area (Å²) in [4.78, 5) is 28.6. The van der Waals surface area contributed by atoms with Crippen LogP contribution in [0.25, 0.3) is 0 Å². The molecule has 0 aliphatic carbocycles. The molecule has 2 unspecified atom stereocenters. The highest BCUT2D eigenvalue weighted by Gasteiger charge is 2.42. The second-order valence-corrected chi connectivity index (χ2v) is 13.5. The average Bonchev–Trinajstić information content (AvgIpc) is 3.49. The van der Waals surface area contributed by atoms with Crippen LogP contribution in [0.1, 0.15) is 101 Å². The zero-order valence-electron chi connectivity index (χ0n) is 30.9. The normalized spacial score (nSPS) is 15.9. The first-order valence-corrected chi connectivity index (χ1v) is 18.8. The molecule has 1 aliphatic rings. The van der Waals surface area contributed by atoms with Gasteiger partial charge in [0.1, 0.15) is 25.9 Å². The van der Waals surface area contributed by atoms with Gasteiger partial charge in [-0.05, 0) is 60.1 Å². The minimum atomic E-state index is -1.38. The number of esters is 2. The predicted molar refractivity (Wildman–Crippen MR) is 201 cm³/mol. The van der Waals surface area contributed by atoms with Crippen LogP contribution in [0, 0.1) is 11.8 Å². The number of aliphatic hydroxyl groups excluding tert-OH is 1. The van der Waals surface area contributed by atoms with Gasteiger partial charge >= 0.3 is 11.9 Å². The van der Waals surface area contributed by atoms with Crippen LogP contribution in [0.15, 0.2) is 96.4 Å². The van der Waals surface area contributed by atoms with Crippen LogP contribution in [0.3, 0.4) is 0 Å². The van der Waals surface area contributed by atoms with Crippen molar-refractivity contribution in [3.05, 3.63) is 113 Å². The van der Waals surface area contributed by atoms with Gasteiger partial charge in [0.25, 0.3) is 0 Å². The Morgan fingerprint density at radius 2 is 1.29 bits per heavy atom. The number of hydrogen-bond donors (Lipinski definition) is 1. The maximum Gasteiger partial charge on any atom is 0.378 e. The minimum absolute atomic E-state index is 0.0708. The van der Waals surface area contributed by atoms with E-state index in [1.54, 1.807) is 12.1 Å². The van der Waals surface area contributed by atoms with Gasteiger partial charge < -0.3 is 29.0 Å². The van der Waals surface area contributed by atoms with Crippen molar-refractivity contribution in [1.29, 1.82) is 0 Å². The van der Waals surface area contributed by atoms with Crippen molar-refractivity contribution in [1.82, 2.24) is 0 Å². The summed E-state index contributed by atoms with van der Waals surface area (Å²) in [5, 5.41) is 11.2. The monoisotopic (exact) mass is 699 g/mol. The van der Waals surface area contributed by atoms with E-state index in [9.17, 15) is 14.7 Å². The number of nitrogens with zero attached hydrogens (tertiary/aromatic N) is 1. The summed E-state index contributed by atoms with van der Waals surface area (Å²) in [5.74, 6) is -0.124. The van der Waals surface area contributed by atoms with Crippen LogP contribution in [0.4, 0.5) is 5.69 Å². The maximum atomic E-state index is 13.2. The Bertz CT molecular complexity index is 1470. The molecule has 4 rings (SSSR count). The van der Waals surface area contributed by atoms with Gasteiger partial charge in [0.05, 0.1) is 5.56 Å². The highest BCUT2D eigenvalue weighted by Crippen LogP contribution is 2.30. The molecule has 276 valence electrons. The van der Waals surface area contributed by atoms with Crippen LogP contribution < -0.4 is 4.90 Å². The highest BCUT2D eigenvalue weighted by atomic mass is 16.6. The van der Waals surface area contributed by atoms with Crippen LogP contribution in [0.2, 0.25) is 0 Å². The zero-order chi connectivity index (χ0) is 36.4. The number of aliphatic hydroxyl groups is 1. The molecule has 0 bridgehead atoms. The first-order chi connectivity index (χ1) is 24.9. The molecule has 0 saturated carbocycles. The summed E-state index contributed by atoms with van der Waals surface area (Å²) in [6.07, 6.45) is 6.99. The van der Waals surface area contributed by atoms with E-state index in [-0.39, 0.29) is 24.7 Å². The molecule has 0 amide bonds. The van der Waals surface area contributed by atoms with Crippen LogP contribution in [-0.4, -0.2) is 48.9 Å². The molecule has 0 radical (unpaired) electrons. The van der Waals surface area contributed by atoms with Gasteiger partial charge in [-0.15, -0.1) is 0 Å². The Labute approximate surface area is 304 Å². The standard InChI is InChI=1S/C43H57NO7/c1-5-9-17-32(7-3)27-44(28-33(8-4)18-10-6-2)37-25-23-36(24-26-37)42(46)50-31-38(45)39-40(48-29-34-19-13-11-14-20-34)41(43(47)51-39)49-30-35-21-15-12-16-22-35/h11-16,19-26,32-33,38-39,45H,5-10,17-18,27-31H2,1-4H3/t32?,33?,38-,39+/m0/s1. The van der Waals surface area contributed by atoms with Gasteiger partial charge in [0.15, 0.2) is 11.9 Å². The maximum absolute atomic E-state index is 13.2. The molecule has 1 aliphatic heterocycles. The van der Waals surface area contributed by atoms with Crippen molar-refractivity contribution in [2.24, 2.45) is 11.8 Å². The number of ether oxygens (including phenoxy) is 4. The fourth-order valence-corrected chi connectivity index (χ4v) is 6.33. The number of unbranched alkanes of at least 4 members (excludes halogenated alkanes) is 2. The quantitative estimate of drug-likeness (QED) is 0.0981. The third kappa shape index (κ3) is 12.2. The topological polar surface area (TPSA) is 94.5 Å². The lowest BCUT2D eigenvalue weighted by Crippen LogP contribution is -2.34. The fourth-order valence-electron chi connectivity index (χ4n) is 6.33. The van der Waals surface area contributed by atoms with Gasteiger partial charge in [-0.25, -0.2) is 9.59 Å². The second kappa shape index (κ2) is 21.2. The number of cyclic esters (lactones) is 1. The van der Waals surface area contributed by atoms with Gasteiger partial charge in [-0.1, -0.05) is 127 Å². The Morgan fingerprint density at radius 1 is 0.765 bits per heavy atom. The molecular formula is C43H57NO7. The summed E-state index contributed by atoms with van der Waals surface area (Å²) >= 11 is 0. The van der Waals surface area contributed by atoms with E-state index in [0.29, 0.717) is 17.4 Å². The summed E-state index contributed by atoms with van der Waals surface area (Å²) < 4.78 is 23.0. The molecule has 1 heterocycles. The lowest BCUT2D eigenvalue weighted by Gasteiger charge is -2.32. The molecule has 0 spiro atoms. The van der Waals surface area contributed by atoms with E-state index in [0.717, 1.165) is 42.7 Å². The summed E-state index contributed by atoms with van der Waals surface area (Å²) in [5.41, 5.74) is 3.21. The SMILES string of the molecule is CCCCC(CC)CN(CC(CC)CCCC)c1ccc(C(=O)OC[C@H](O)[C@H]2OC(=O)C(OCc3ccccc3)=C2OCc2ccccc2)cc1. The second-order valence-electron chi connectivity index (χ2n) is 13.5. The van der Waals surface area contributed by atoms with Crippen LogP contribution in [-0.2, 0) is 37.0 Å². The molecule has 4 atom stereocenters.